The summed E-state index contributed by atoms with van der Waals surface area (Å²) in [7, 11) is 0. The Morgan fingerprint density at radius 3 is 2.80 bits per heavy atom. The van der Waals surface area contributed by atoms with E-state index in [1.807, 2.05) is 24.3 Å². The molecule has 0 aromatic heterocycles. The molecule has 0 spiro atoms. The van der Waals surface area contributed by atoms with Crippen LogP contribution in [0.2, 0.25) is 0 Å². The summed E-state index contributed by atoms with van der Waals surface area (Å²) in [5, 5.41) is 15.2. The first-order valence-electron chi connectivity index (χ1n) is 7.09. The van der Waals surface area contributed by atoms with Crippen molar-refractivity contribution < 1.29 is 9.90 Å². The molecule has 0 bridgehead atoms. The molecule has 0 saturated heterocycles. The number of rotatable bonds is 4. The Labute approximate surface area is 128 Å². The first-order chi connectivity index (χ1) is 9.70. The molecule has 4 nitrogen and oxygen atoms in total. The van der Waals surface area contributed by atoms with Crippen molar-refractivity contribution in [2.75, 3.05) is 6.61 Å². The van der Waals surface area contributed by atoms with Gasteiger partial charge in [-0.2, -0.15) is 0 Å². The highest BCUT2D eigenvalue weighted by Crippen LogP contribution is 2.23. The molecule has 2 rings (SSSR count). The number of aliphatic hydroxyl groups is 1. The van der Waals surface area contributed by atoms with Crippen LogP contribution in [0.1, 0.15) is 31.2 Å². The Kier molecular flexibility index (Phi) is 5.86. The predicted octanol–water partition coefficient (Wildman–Crippen LogP) is 2.80. The molecule has 1 fully saturated rings. The molecule has 20 heavy (non-hydrogen) atoms. The van der Waals surface area contributed by atoms with E-state index in [2.05, 4.69) is 26.6 Å². The Bertz CT molecular complexity index is 453. The number of carbonyl (C=O) groups is 1. The van der Waals surface area contributed by atoms with E-state index in [4.69, 9.17) is 0 Å². The van der Waals surface area contributed by atoms with Crippen LogP contribution in [0.25, 0.3) is 0 Å². The monoisotopic (exact) mass is 340 g/mol. The lowest BCUT2D eigenvalue weighted by molar-refractivity contribution is 0.153. The maximum Gasteiger partial charge on any atom is 0.315 e. The van der Waals surface area contributed by atoms with Gasteiger partial charge in [-0.3, -0.25) is 0 Å². The maximum absolute atomic E-state index is 11.9. The molecule has 2 amide bonds. The number of halogens is 1. The molecule has 5 heteroatoms. The summed E-state index contributed by atoms with van der Waals surface area (Å²) in [6.07, 6.45) is 4.20. The fourth-order valence-electron chi connectivity index (χ4n) is 2.65. The zero-order valence-electron chi connectivity index (χ0n) is 11.4. The minimum atomic E-state index is -0.161. The quantitative estimate of drug-likeness (QED) is 0.789. The summed E-state index contributed by atoms with van der Waals surface area (Å²) in [5.74, 6) is 0.193. The highest BCUT2D eigenvalue weighted by Gasteiger charge is 2.25. The molecule has 1 aromatic rings. The van der Waals surface area contributed by atoms with Crippen molar-refractivity contribution in [3.63, 3.8) is 0 Å². The molecule has 1 aliphatic carbocycles. The number of urea groups is 1. The summed E-state index contributed by atoms with van der Waals surface area (Å²) in [6, 6.07) is 7.75. The lowest BCUT2D eigenvalue weighted by atomic mass is 9.85. The van der Waals surface area contributed by atoms with E-state index >= 15 is 0 Å². The van der Waals surface area contributed by atoms with Crippen molar-refractivity contribution in [1.29, 1.82) is 0 Å². The number of amides is 2. The molecule has 1 aliphatic rings. The average Bonchev–Trinajstić information content (AvgIpc) is 2.47. The summed E-state index contributed by atoms with van der Waals surface area (Å²) >= 11 is 3.46. The van der Waals surface area contributed by atoms with Crippen LogP contribution >= 0.6 is 15.9 Å². The Balaban J connectivity index is 1.82. The Morgan fingerprint density at radius 1 is 1.30 bits per heavy atom. The van der Waals surface area contributed by atoms with E-state index in [9.17, 15) is 9.90 Å². The van der Waals surface area contributed by atoms with E-state index in [0.29, 0.717) is 6.54 Å². The molecule has 0 heterocycles. The number of aliphatic hydroxyl groups excluding tert-OH is 1. The van der Waals surface area contributed by atoms with Gasteiger partial charge in [0.05, 0.1) is 0 Å². The molecule has 2 atom stereocenters. The Morgan fingerprint density at radius 2 is 2.05 bits per heavy atom. The summed E-state index contributed by atoms with van der Waals surface area (Å²) in [5.41, 5.74) is 1.05. The number of hydrogen-bond donors (Lipinski definition) is 3. The number of carbonyl (C=O) groups excluding carboxylic acids is 1. The smallest absolute Gasteiger partial charge is 0.315 e. The van der Waals surface area contributed by atoms with Crippen LogP contribution < -0.4 is 10.6 Å². The fraction of sp³-hybridized carbons (Fsp3) is 0.533. The van der Waals surface area contributed by atoms with Crippen LogP contribution in [0, 0.1) is 5.92 Å². The molecule has 0 aliphatic heterocycles. The number of nitrogens with one attached hydrogen (secondary N) is 2. The molecule has 0 radical (unpaired) electrons. The number of benzene rings is 1. The molecular weight excluding hydrogens is 320 g/mol. The van der Waals surface area contributed by atoms with E-state index in [1.165, 1.54) is 0 Å². The van der Waals surface area contributed by atoms with Gasteiger partial charge in [0.25, 0.3) is 0 Å². The van der Waals surface area contributed by atoms with Crippen LogP contribution in [0.3, 0.4) is 0 Å². The maximum atomic E-state index is 11.9. The normalized spacial score (nSPS) is 22.3. The van der Waals surface area contributed by atoms with Gasteiger partial charge < -0.3 is 15.7 Å². The van der Waals surface area contributed by atoms with Gasteiger partial charge in [0.2, 0.25) is 0 Å². The highest BCUT2D eigenvalue weighted by atomic mass is 79.9. The fourth-order valence-corrected chi connectivity index (χ4v) is 3.08. The van der Waals surface area contributed by atoms with Crippen LogP contribution in [-0.2, 0) is 6.54 Å². The minimum absolute atomic E-state index is 0.0907. The molecular formula is C15H21BrN2O2. The van der Waals surface area contributed by atoms with Crippen LogP contribution in [0.15, 0.2) is 28.7 Å². The van der Waals surface area contributed by atoms with Gasteiger partial charge in [-0.05, 0) is 24.5 Å². The van der Waals surface area contributed by atoms with Crippen molar-refractivity contribution >= 4 is 22.0 Å². The number of hydrogen-bond acceptors (Lipinski definition) is 2. The SMILES string of the molecule is O=C(NCc1ccccc1Br)NC1CCCCC1CO. The summed E-state index contributed by atoms with van der Waals surface area (Å²) in [6.45, 7) is 0.638. The van der Waals surface area contributed by atoms with E-state index in [0.717, 1.165) is 35.7 Å². The molecule has 1 saturated carbocycles. The first kappa shape index (κ1) is 15.3. The second-order valence-electron chi connectivity index (χ2n) is 5.25. The van der Waals surface area contributed by atoms with Gasteiger partial charge in [0.1, 0.15) is 0 Å². The standard InChI is InChI=1S/C15H21BrN2O2/c16-13-7-3-1-5-11(13)9-17-15(20)18-14-8-4-2-6-12(14)10-19/h1,3,5,7,12,14,19H,2,4,6,8-10H2,(H2,17,18,20). The van der Waals surface area contributed by atoms with Gasteiger partial charge in [-0.25, -0.2) is 4.79 Å². The summed E-state index contributed by atoms with van der Waals surface area (Å²) in [4.78, 5) is 11.9. The second-order valence-corrected chi connectivity index (χ2v) is 6.11. The van der Waals surface area contributed by atoms with Gasteiger partial charge in [0, 0.05) is 29.6 Å². The third-order valence-electron chi connectivity index (χ3n) is 3.86. The zero-order valence-corrected chi connectivity index (χ0v) is 13.0. The van der Waals surface area contributed by atoms with Gasteiger partial charge in [-0.1, -0.05) is 47.0 Å². The van der Waals surface area contributed by atoms with Crippen LogP contribution in [0.5, 0.6) is 0 Å². The predicted molar refractivity (Wildman–Crippen MR) is 82.3 cm³/mol. The average molecular weight is 341 g/mol. The third kappa shape index (κ3) is 4.21. The molecule has 1 aromatic carbocycles. The van der Waals surface area contributed by atoms with Crippen molar-refractivity contribution in [3.8, 4) is 0 Å². The topological polar surface area (TPSA) is 61.4 Å². The Hall–Kier alpha value is -1.07. The van der Waals surface area contributed by atoms with Crippen molar-refractivity contribution in [2.24, 2.45) is 5.92 Å². The van der Waals surface area contributed by atoms with Crippen LogP contribution in [-0.4, -0.2) is 23.8 Å². The third-order valence-corrected chi connectivity index (χ3v) is 4.63. The van der Waals surface area contributed by atoms with Crippen molar-refractivity contribution in [2.45, 2.75) is 38.3 Å². The van der Waals surface area contributed by atoms with E-state index < -0.39 is 0 Å². The molecule has 2 unspecified atom stereocenters. The molecule has 110 valence electrons. The van der Waals surface area contributed by atoms with E-state index in [1.54, 1.807) is 0 Å². The van der Waals surface area contributed by atoms with Gasteiger partial charge >= 0.3 is 6.03 Å². The zero-order chi connectivity index (χ0) is 14.4. The van der Waals surface area contributed by atoms with Crippen LogP contribution in [0.4, 0.5) is 4.79 Å². The van der Waals surface area contributed by atoms with Crippen molar-refractivity contribution in [3.05, 3.63) is 34.3 Å². The highest BCUT2D eigenvalue weighted by molar-refractivity contribution is 9.10. The van der Waals surface area contributed by atoms with Gasteiger partial charge in [-0.15, -0.1) is 0 Å². The van der Waals surface area contributed by atoms with Crippen molar-refractivity contribution in [1.82, 2.24) is 10.6 Å². The summed E-state index contributed by atoms with van der Waals surface area (Å²) < 4.78 is 0.992. The largest absolute Gasteiger partial charge is 0.396 e. The lowest BCUT2D eigenvalue weighted by Crippen LogP contribution is -2.47. The van der Waals surface area contributed by atoms with E-state index in [-0.39, 0.29) is 24.6 Å². The van der Waals surface area contributed by atoms with Gasteiger partial charge in [0.15, 0.2) is 0 Å². The second kappa shape index (κ2) is 7.64. The first-order valence-corrected chi connectivity index (χ1v) is 7.88. The lowest BCUT2D eigenvalue weighted by Gasteiger charge is -2.30. The minimum Gasteiger partial charge on any atom is -0.396 e. The molecule has 3 N–H and O–H groups in total.